The molecule has 1 N–H and O–H groups in total. The van der Waals surface area contributed by atoms with Crippen LogP contribution in [0.3, 0.4) is 0 Å². The van der Waals surface area contributed by atoms with E-state index in [-0.39, 0.29) is 5.60 Å². The molecule has 0 amide bonds. The molecular formula is C17H27NO2. The number of rotatable bonds is 5. The van der Waals surface area contributed by atoms with Gasteiger partial charge in [-0.25, -0.2) is 0 Å². The molecule has 1 saturated heterocycles. The number of likely N-dealkylation sites (tertiary alicyclic amines) is 1. The van der Waals surface area contributed by atoms with Gasteiger partial charge in [0.1, 0.15) is 0 Å². The topological polar surface area (TPSA) is 32.7 Å². The van der Waals surface area contributed by atoms with Crippen molar-refractivity contribution in [1.82, 2.24) is 4.90 Å². The molecule has 3 nitrogen and oxygen atoms in total. The van der Waals surface area contributed by atoms with E-state index in [1.165, 1.54) is 12.0 Å². The van der Waals surface area contributed by atoms with Crippen molar-refractivity contribution < 1.29 is 9.84 Å². The van der Waals surface area contributed by atoms with Crippen molar-refractivity contribution in [1.29, 1.82) is 0 Å². The Bertz CT molecular complexity index is 399. The quantitative estimate of drug-likeness (QED) is 0.898. The second-order valence-corrected chi connectivity index (χ2v) is 6.73. The third-order valence-electron chi connectivity index (χ3n) is 3.72. The van der Waals surface area contributed by atoms with E-state index in [9.17, 15) is 5.11 Å². The van der Waals surface area contributed by atoms with E-state index in [0.29, 0.717) is 19.1 Å². The van der Waals surface area contributed by atoms with Crippen LogP contribution in [0.2, 0.25) is 0 Å². The SMILES string of the molecule is CC(C)(C)OC[C@H](O)CN1CC[C@@H](c2ccccc2)C1. The van der Waals surface area contributed by atoms with E-state index in [0.717, 1.165) is 13.1 Å². The highest BCUT2D eigenvalue weighted by atomic mass is 16.5. The lowest BCUT2D eigenvalue weighted by Gasteiger charge is -2.24. The summed E-state index contributed by atoms with van der Waals surface area (Å²) in [6.45, 7) is 9.27. The van der Waals surface area contributed by atoms with Crippen LogP contribution in [0.15, 0.2) is 30.3 Å². The molecule has 112 valence electrons. The highest BCUT2D eigenvalue weighted by Gasteiger charge is 2.25. The highest BCUT2D eigenvalue weighted by molar-refractivity contribution is 5.20. The predicted octanol–water partition coefficient (Wildman–Crippen LogP) is 2.65. The molecule has 1 aromatic rings. The monoisotopic (exact) mass is 277 g/mol. The van der Waals surface area contributed by atoms with Crippen LogP contribution < -0.4 is 0 Å². The van der Waals surface area contributed by atoms with Gasteiger partial charge in [0, 0.05) is 13.1 Å². The Morgan fingerprint density at radius 2 is 2.00 bits per heavy atom. The van der Waals surface area contributed by atoms with Gasteiger partial charge in [-0.15, -0.1) is 0 Å². The molecule has 0 saturated carbocycles. The zero-order valence-corrected chi connectivity index (χ0v) is 12.9. The van der Waals surface area contributed by atoms with Gasteiger partial charge in [-0.2, -0.15) is 0 Å². The molecule has 0 spiro atoms. The van der Waals surface area contributed by atoms with Gasteiger partial charge >= 0.3 is 0 Å². The Hall–Kier alpha value is -0.900. The van der Waals surface area contributed by atoms with Crippen LogP contribution >= 0.6 is 0 Å². The predicted molar refractivity (Wildman–Crippen MR) is 82.0 cm³/mol. The second-order valence-electron chi connectivity index (χ2n) is 6.73. The zero-order valence-electron chi connectivity index (χ0n) is 12.9. The summed E-state index contributed by atoms with van der Waals surface area (Å²) < 4.78 is 5.64. The van der Waals surface area contributed by atoms with Crippen LogP contribution in [0.25, 0.3) is 0 Å². The summed E-state index contributed by atoms with van der Waals surface area (Å²) in [7, 11) is 0. The molecule has 1 aliphatic heterocycles. The van der Waals surface area contributed by atoms with Gasteiger partial charge < -0.3 is 14.7 Å². The summed E-state index contributed by atoms with van der Waals surface area (Å²) in [6.07, 6.45) is 0.778. The fourth-order valence-electron chi connectivity index (χ4n) is 2.69. The van der Waals surface area contributed by atoms with Gasteiger partial charge in [0.15, 0.2) is 0 Å². The van der Waals surface area contributed by atoms with Crippen LogP contribution in [0.1, 0.15) is 38.7 Å². The zero-order chi connectivity index (χ0) is 14.6. The Balaban J connectivity index is 1.76. The maximum atomic E-state index is 10.1. The molecule has 1 heterocycles. The van der Waals surface area contributed by atoms with Gasteiger partial charge in [-0.3, -0.25) is 0 Å². The second kappa shape index (κ2) is 6.70. The highest BCUT2D eigenvalue weighted by Crippen LogP contribution is 2.26. The van der Waals surface area contributed by atoms with E-state index in [1.807, 2.05) is 20.8 Å². The van der Waals surface area contributed by atoms with Gasteiger partial charge in [0.25, 0.3) is 0 Å². The first-order valence-electron chi connectivity index (χ1n) is 7.53. The maximum Gasteiger partial charge on any atom is 0.0900 e. The van der Waals surface area contributed by atoms with E-state index < -0.39 is 6.10 Å². The number of ether oxygens (including phenoxy) is 1. The van der Waals surface area contributed by atoms with E-state index in [4.69, 9.17) is 4.74 Å². The number of hydrogen-bond donors (Lipinski definition) is 1. The molecule has 1 aromatic carbocycles. The molecule has 1 aliphatic rings. The van der Waals surface area contributed by atoms with Crippen molar-refractivity contribution >= 4 is 0 Å². The summed E-state index contributed by atoms with van der Waals surface area (Å²) in [5.74, 6) is 0.604. The molecular weight excluding hydrogens is 250 g/mol. The Morgan fingerprint density at radius 1 is 1.30 bits per heavy atom. The largest absolute Gasteiger partial charge is 0.389 e. The van der Waals surface area contributed by atoms with Crippen molar-refractivity contribution in [3.05, 3.63) is 35.9 Å². The van der Waals surface area contributed by atoms with Crippen molar-refractivity contribution in [2.75, 3.05) is 26.2 Å². The summed E-state index contributed by atoms with van der Waals surface area (Å²) in [4.78, 5) is 2.34. The van der Waals surface area contributed by atoms with Gasteiger partial charge in [0.05, 0.1) is 18.3 Å². The van der Waals surface area contributed by atoms with Crippen molar-refractivity contribution in [2.24, 2.45) is 0 Å². The first kappa shape index (κ1) is 15.5. The lowest BCUT2D eigenvalue weighted by Crippen LogP contribution is -2.35. The van der Waals surface area contributed by atoms with Gasteiger partial charge in [-0.05, 0) is 45.2 Å². The molecule has 0 bridgehead atoms. The molecule has 0 aliphatic carbocycles. The fraction of sp³-hybridized carbons (Fsp3) is 0.647. The summed E-state index contributed by atoms with van der Waals surface area (Å²) >= 11 is 0. The van der Waals surface area contributed by atoms with E-state index in [2.05, 4.69) is 35.2 Å². The number of aliphatic hydroxyl groups excluding tert-OH is 1. The molecule has 0 radical (unpaired) electrons. The standard InChI is InChI=1S/C17H27NO2/c1-17(2,3)20-13-16(19)12-18-10-9-15(11-18)14-7-5-4-6-8-14/h4-8,15-16,19H,9-13H2,1-3H3/t15-,16-/m1/s1. The fourth-order valence-corrected chi connectivity index (χ4v) is 2.69. The number of benzene rings is 1. The minimum absolute atomic E-state index is 0.182. The molecule has 0 unspecified atom stereocenters. The van der Waals surface area contributed by atoms with Crippen LogP contribution in [-0.2, 0) is 4.74 Å². The number of aliphatic hydroxyl groups is 1. The smallest absolute Gasteiger partial charge is 0.0900 e. The van der Waals surface area contributed by atoms with Crippen molar-refractivity contribution in [3.8, 4) is 0 Å². The molecule has 0 aromatic heterocycles. The molecule has 2 rings (SSSR count). The van der Waals surface area contributed by atoms with Crippen molar-refractivity contribution in [2.45, 2.75) is 44.8 Å². The van der Waals surface area contributed by atoms with Crippen molar-refractivity contribution in [3.63, 3.8) is 0 Å². The van der Waals surface area contributed by atoms with E-state index in [1.54, 1.807) is 0 Å². The maximum absolute atomic E-state index is 10.1. The molecule has 1 fully saturated rings. The summed E-state index contributed by atoms with van der Waals surface area (Å²) in [5, 5.41) is 10.1. The summed E-state index contributed by atoms with van der Waals surface area (Å²) in [6, 6.07) is 10.7. The Morgan fingerprint density at radius 3 is 2.65 bits per heavy atom. The lowest BCUT2D eigenvalue weighted by molar-refractivity contribution is -0.0548. The van der Waals surface area contributed by atoms with Crippen LogP contribution in [0.5, 0.6) is 0 Å². The number of β-amino-alcohol motifs (C(OH)–C–C–N with tert-alkyl or cyclic N) is 1. The normalized spacial score (nSPS) is 22.1. The molecule has 20 heavy (non-hydrogen) atoms. The van der Waals surface area contributed by atoms with Crippen LogP contribution in [0.4, 0.5) is 0 Å². The first-order valence-corrected chi connectivity index (χ1v) is 7.53. The number of hydrogen-bond acceptors (Lipinski definition) is 3. The Labute approximate surface area is 122 Å². The average molecular weight is 277 g/mol. The van der Waals surface area contributed by atoms with Crippen LogP contribution in [0, 0.1) is 0 Å². The van der Waals surface area contributed by atoms with Gasteiger partial charge in [-0.1, -0.05) is 30.3 Å². The number of nitrogens with zero attached hydrogens (tertiary/aromatic N) is 1. The summed E-state index contributed by atoms with van der Waals surface area (Å²) in [5.41, 5.74) is 1.23. The molecule has 2 atom stereocenters. The minimum atomic E-state index is -0.399. The van der Waals surface area contributed by atoms with E-state index >= 15 is 0 Å². The Kier molecular flexibility index (Phi) is 5.19. The lowest BCUT2D eigenvalue weighted by atomic mass is 9.99. The third-order valence-corrected chi connectivity index (χ3v) is 3.72. The minimum Gasteiger partial charge on any atom is -0.389 e. The van der Waals surface area contributed by atoms with Crippen LogP contribution in [-0.4, -0.2) is 48.0 Å². The third kappa shape index (κ3) is 4.89. The molecule has 3 heteroatoms. The average Bonchev–Trinajstić information content (AvgIpc) is 2.85. The van der Waals surface area contributed by atoms with Gasteiger partial charge in [0.2, 0.25) is 0 Å². The first-order chi connectivity index (χ1) is 9.44.